The van der Waals surface area contributed by atoms with Crippen LogP contribution in [-0.2, 0) is 23.7 Å². The van der Waals surface area contributed by atoms with E-state index < -0.39 is 0 Å². The number of ether oxygens (including phenoxy) is 4. The minimum Gasteiger partial charge on any atom is -0.352 e. The maximum atomic E-state index is 12.7. The number of hydrogen-bond acceptors (Lipinski definition) is 6. The molecule has 1 heterocycles. The Morgan fingerprint density at radius 3 is 2.11 bits per heavy atom. The molecule has 0 amide bonds. The molecule has 0 aromatic heterocycles. The Labute approximate surface area is 223 Å². The molecule has 0 bridgehead atoms. The minimum atomic E-state index is -0.367. The molecule has 0 saturated carbocycles. The van der Waals surface area contributed by atoms with Gasteiger partial charge < -0.3 is 18.9 Å². The third kappa shape index (κ3) is 11.1. The molecule has 6 heteroatoms. The van der Waals surface area contributed by atoms with E-state index in [2.05, 4.69) is 74.1 Å². The fourth-order valence-corrected chi connectivity index (χ4v) is 5.25. The normalized spacial score (nSPS) is 26.6. The number of hydrogen-bond donors (Lipinski definition) is 0. The van der Waals surface area contributed by atoms with Crippen LogP contribution in [0.4, 0.5) is 0 Å². The van der Waals surface area contributed by atoms with E-state index in [1.54, 1.807) is 0 Å². The van der Waals surface area contributed by atoms with Gasteiger partial charge in [-0.15, -0.1) is 0 Å². The highest BCUT2D eigenvalue weighted by Gasteiger charge is 2.38. The first-order valence-corrected chi connectivity index (χ1v) is 14.9. The Morgan fingerprint density at radius 1 is 0.889 bits per heavy atom. The average molecular weight is 514 g/mol. The Hall–Kier alpha value is -0.530. The lowest BCUT2D eigenvalue weighted by molar-refractivity contribution is -0.248. The number of carbonyl (C=O) groups is 1. The molecule has 0 aliphatic carbocycles. The summed E-state index contributed by atoms with van der Waals surface area (Å²) in [5, 5.41) is 0. The zero-order valence-corrected chi connectivity index (χ0v) is 25.3. The van der Waals surface area contributed by atoms with Crippen molar-refractivity contribution in [2.45, 2.75) is 145 Å². The molecule has 214 valence electrons. The van der Waals surface area contributed by atoms with Gasteiger partial charge in [0.25, 0.3) is 0 Å². The summed E-state index contributed by atoms with van der Waals surface area (Å²) in [6, 6.07) is 0.634. The number of carbonyl (C=O) groups excluding carboxylic acids is 1. The molecule has 1 fully saturated rings. The van der Waals surface area contributed by atoms with Crippen LogP contribution in [-0.4, -0.2) is 61.4 Å². The first-order valence-electron chi connectivity index (χ1n) is 14.9. The molecule has 1 saturated heterocycles. The van der Waals surface area contributed by atoms with Gasteiger partial charge in [0.2, 0.25) is 6.41 Å². The molecule has 0 spiro atoms. The largest absolute Gasteiger partial charge is 0.352 e. The summed E-state index contributed by atoms with van der Waals surface area (Å²) in [6.07, 6.45) is 5.59. The first-order chi connectivity index (χ1) is 17.1. The number of ketones is 1. The highest BCUT2D eigenvalue weighted by molar-refractivity contribution is 5.78. The van der Waals surface area contributed by atoms with Crippen LogP contribution in [0.3, 0.4) is 0 Å². The lowest BCUT2D eigenvalue weighted by Gasteiger charge is -2.43. The van der Waals surface area contributed by atoms with Crippen LogP contribution in [0.1, 0.15) is 114 Å². The molecule has 36 heavy (non-hydrogen) atoms. The van der Waals surface area contributed by atoms with Crippen LogP contribution < -0.4 is 0 Å². The zero-order chi connectivity index (χ0) is 27.3. The summed E-state index contributed by atoms with van der Waals surface area (Å²) >= 11 is 0. The van der Waals surface area contributed by atoms with Crippen molar-refractivity contribution in [1.82, 2.24) is 4.90 Å². The second-order valence-electron chi connectivity index (χ2n) is 11.5. The van der Waals surface area contributed by atoms with E-state index in [9.17, 15) is 4.79 Å². The van der Waals surface area contributed by atoms with Crippen LogP contribution >= 0.6 is 0 Å². The highest BCUT2D eigenvalue weighted by Crippen LogP contribution is 2.36. The molecule has 1 rings (SSSR count). The van der Waals surface area contributed by atoms with Gasteiger partial charge in [-0.05, 0) is 71.1 Å². The van der Waals surface area contributed by atoms with Gasteiger partial charge in [0.15, 0.2) is 6.29 Å². The van der Waals surface area contributed by atoms with Gasteiger partial charge in [-0.1, -0.05) is 48.0 Å². The predicted octanol–water partition coefficient (Wildman–Crippen LogP) is 7.05. The van der Waals surface area contributed by atoms with Gasteiger partial charge in [-0.3, -0.25) is 9.69 Å². The fraction of sp³-hybridized carbons (Fsp3) is 0.967. The van der Waals surface area contributed by atoms with Crippen LogP contribution in [0, 0.1) is 23.7 Å². The molecule has 7 atom stereocenters. The number of rotatable bonds is 19. The van der Waals surface area contributed by atoms with Gasteiger partial charge in [-0.2, -0.15) is 0 Å². The van der Waals surface area contributed by atoms with Gasteiger partial charge >= 0.3 is 0 Å². The maximum Gasteiger partial charge on any atom is 0.219 e. The van der Waals surface area contributed by atoms with Crippen molar-refractivity contribution in [1.29, 1.82) is 0 Å². The van der Waals surface area contributed by atoms with E-state index in [0.29, 0.717) is 68.3 Å². The topological polar surface area (TPSA) is 57.2 Å². The standard InChI is InChI=1S/C30H59NO5/c1-11-17-34-30(31(21(4)5)22(6)7)35-20-26(12-2)19-27(32)16-14-15-18-33-29-25(10)23(8)24(9)28(13-3)36-29/h21-26,28-30H,11-20H2,1-10H3. The Bertz CT molecular complexity index is 574. The van der Waals surface area contributed by atoms with Crippen molar-refractivity contribution < 1.29 is 23.7 Å². The first kappa shape index (κ1) is 33.5. The van der Waals surface area contributed by atoms with Crippen LogP contribution in [0.2, 0.25) is 0 Å². The van der Waals surface area contributed by atoms with Crippen molar-refractivity contribution >= 4 is 5.78 Å². The lowest BCUT2D eigenvalue weighted by atomic mass is 9.78. The number of unbranched alkanes of at least 4 members (excludes halogenated alkanes) is 1. The third-order valence-electron chi connectivity index (χ3n) is 7.99. The number of nitrogens with zero attached hydrogens (tertiary/aromatic N) is 1. The molecule has 0 aromatic carbocycles. The van der Waals surface area contributed by atoms with Gasteiger partial charge in [-0.25, -0.2) is 0 Å². The molecule has 0 radical (unpaired) electrons. The van der Waals surface area contributed by atoms with Crippen LogP contribution in [0.15, 0.2) is 0 Å². The smallest absolute Gasteiger partial charge is 0.219 e. The molecule has 1 aliphatic rings. The van der Waals surface area contributed by atoms with E-state index in [-0.39, 0.29) is 24.7 Å². The molecule has 0 aromatic rings. The van der Waals surface area contributed by atoms with Crippen LogP contribution in [0.25, 0.3) is 0 Å². The summed E-state index contributed by atoms with van der Waals surface area (Å²) in [7, 11) is 0. The Balaban J connectivity index is 2.41. The predicted molar refractivity (Wildman–Crippen MR) is 148 cm³/mol. The summed E-state index contributed by atoms with van der Waals surface area (Å²) in [4.78, 5) is 14.9. The lowest BCUT2D eigenvalue weighted by Crippen LogP contribution is -2.48. The molecule has 1 aliphatic heterocycles. The fourth-order valence-electron chi connectivity index (χ4n) is 5.25. The molecule has 0 N–H and O–H groups in total. The summed E-state index contributed by atoms with van der Waals surface area (Å²) in [5.74, 6) is 2.07. The maximum absolute atomic E-state index is 12.7. The molecule has 6 nitrogen and oxygen atoms in total. The molecular weight excluding hydrogens is 454 g/mol. The summed E-state index contributed by atoms with van der Waals surface area (Å²) in [5.41, 5.74) is 0. The van der Waals surface area contributed by atoms with Crippen molar-refractivity contribution in [3.63, 3.8) is 0 Å². The highest BCUT2D eigenvalue weighted by atomic mass is 16.7. The van der Waals surface area contributed by atoms with E-state index in [1.807, 2.05) is 0 Å². The van der Waals surface area contributed by atoms with E-state index in [1.165, 1.54) is 0 Å². The Kier molecular flexibility index (Phi) is 16.6. The van der Waals surface area contributed by atoms with E-state index in [0.717, 1.165) is 32.1 Å². The SMILES string of the molecule is CCCOC(OCC(CC)CC(=O)CCCCOC1OC(CC)C(C)C(C)C1C)N(C(C)C)C(C)C. The molecule has 7 unspecified atom stereocenters. The second kappa shape index (κ2) is 17.9. The molecular formula is C30H59NO5. The van der Waals surface area contributed by atoms with Crippen molar-refractivity contribution in [2.24, 2.45) is 23.7 Å². The summed E-state index contributed by atoms with van der Waals surface area (Å²) in [6.45, 7) is 23.8. The zero-order valence-electron chi connectivity index (χ0n) is 25.3. The van der Waals surface area contributed by atoms with E-state index >= 15 is 0 Å². The van der Waals surface area contributed by atoms with E-state index in [4.69, 9.17) is 18.9 Å². The number of Topliss-reactive ketones (excluding diaryl/α,β-unsaturated/α-hetero) is 1. The van der Waals surface area contributed by atoms with Crippen LogP contribution in [0.5, 0.6) is 0 Å². The third-order valence-corrected chi connectivity index (χ3v) is 7.99. The van der Waals surface area contributed by atoms with Gasteiger partial charge in [0.1, 0.15) is 5.78 Å². The second-order valence-corrected chi connectivity index (χ2v) is 11.5. The monoisotopic (exact) mass is 513 g/mol. The van der Waals surface area contributed by atoms with Gasteiger partial charge in [0.05, 0.1) is 19.3 Å². The average Bonchev–Trinajstić information content (AvgIpc) is 2.83. The quantitative estimate of drug-likeness (QED) is 0.136. The Morgan fingerprint density at radius 2 is 1.56 bits per heavy atom. The van der Waals surface area contributed by atoms with Crippen molar-refractivity contribution in [3.05, 3.63) is 0 Å². The summed E-state index contributed by atoms with van der Waals surface area (Å²) < 4.78 is 24.6. The van der Waals surface area contributed by atoms with Crippen molar-refractivity contribution in [3.8, 4) is 0 Å². The van der Waals surface area contributed by atoms with Gasteiger partial charge in [0, 0.05) is 37.5 Å². The van der Waals surface area contributed by atoms with Crippen molar-refractivity contribution in [2.75, 3.05) is 19.8 Å². The minimum absolute atomic E-state index is 0.127.